The van der Waals surface area contributed by atoms with Gasteiger partial charge in [0.05, 0.1) is 5.25 Å². The molecule has 1 aromatic rings. The maximum atomic E-state index is 13.1. The number of piperidine rings is 1. The van der Waals surface area contributed by atoms with Crippen LogP contribution in [0.5, 0.6) is 0 Å². The van der Waals surface area contributed by atoms with Crippen LogP contribution < -0.4 is 0 Å². The van der Waals surface area contributed by atoms with Gasteiger partial charge in [0.1, 0.15) is 9.84 Å². The zero-order chi connectivity index (χ0) is 16.9. The van der Waals surface area contributed by atoms with Gasteiger partial charge in [0.15, 0.2) is 0 Å². The molecule has 0 aromatic heterocycles. The average molecular weight is 335 g/mol. The van der Waals surface area contributed by atoms with Crippen molar-refractivity contribution >= 4 is 15.7 Å². The molecular formula is C18H25NO3S. The van der Waals surface area contributed by atoms with Crippen molar-refractivity contribution in [3.63, 3.8) is 0 Å². The molecule has 2 aliphatic heterocycles. The van der Waals surface area contributed by atoms with Crippen LogP contribution in [0, 0.1) is 20.8 Å². The second kappa shape index (κ2) is 5.62. The molecule has 0 saturated carbocycles. The Morgan fingerprint density at radius 3 is 1.96 bits per heavy atom. The normalized spacial score (nSPS) is 27.3. The first-order valence-electron chi connectivity index (χ1n) is 8.28. The fourth-order valence-corrected chi connectivity index (χ4v) is 5.60. The zero-order valence-corrected chi connectivity index (χ0v) is 15.1. The third kappa shape index (κ3) is 2.91. The Morgan fingerprint density at radius 2 is 1.52 bits per heavy atom. The molecule has 0 N–H and O–H groups in total. The van der Waals surface area contributed by atoms with E-state index in [2.05, 4.69) is 0 Å². The Hall–Kier alpha value is -1.36. The minimum absolute atomic E-state index is 0.0704. The summed E-state index contributed by atoms with van der Waals surface area (Å²) in [6.45, 7) is 6.01. The van der Waals surface area contributed by atoms with Gasteiger partial charge in [-0.3, -0.25) is 4.79 Å². The maximum absolute atomic E-state index is 13.1. The van der Waals surface area contributed by atoms with Crippen molar-refractivity contribution in [3.05, 3.63) is 34.4 Å². The number of amides is 1. The lowest BCUT2D eigenvalue weighted by atomic mass is 9.95. The Morgan fingerprint density at radius 1 is 1.04 bits per heavy atom. The van der Waals surface area contributed by atoms with E-state index >= 15 is 0 Å². The summed E-state index contributed by atoms with van der Waals surface area (Å²) in [7, 11) is -3.03. The van der Waals surface area contributed by atoms with Crippen LogP contribution in [0.2, 0.25) is 0 Å². The van der Waals surface area contributed by atoms with Crippen LogP contribution in [-0.4, -0.2) is 42.8 Å². The highest BCUT2D eigenvalue weighted by atomic mass is 32.2. The fraction of sp³-hybridized carbons (Fsp3) is 0.611. The lowest BCUT2D eigenvalue weighted by molar-refractivity contribution is 0.0597. The van der Waals surface area contributed by atoms with Crippen molar-refractivity contribution in [2.45, 2.75) is 63.8 Å². The standard InChI is InChI=1S/C18H25NO3S/c1-11-7-12(2)17(13(3)8-11)18(20)19-14-5-6-15(19)10-16(9-14)23(4,21)22/h7-8,14-16H,5-6,9-10H2,1-4H3. The first-order valence-corrected chi connectivity index (χ1v) is 10.2. The molecule has 5 heteroatoms. The van der Waals surface area contributed by atoms with Crippen LogP contribution in [0.3, 0.4) is 0 Å². The summed E-state index contributed by atoms with van der Waals surface area (Å²) in [6, 6.07) is 4.23. The molecule has 4 nitrogen and oxygen atoms in total. The molecule has 2 fully saturated rings. The average Bonchev–Trinajstić information content (AvgIpc) is 2.66. The number of aryl methyl sites for hydroxylation is 3. The predicted octanol–water partition coefficient (Wildman–Crippen LogP) is 2.79. The Bertz CT molecular complexity index is 717. The van der Waals surface area contributed by atoms with Gasteiger partial charge in [-0.25, -0.2) is 8.42 Å². The van der Waals surface area contributed by atoms with Gasteiger partial charge in [-0.2, -0.15) is 0 Å². The SMILES string of the molecule is Cc1cc(C)c(C(=O)N2C3CCC2CC(S(C)(=O)=O)C3)c(C)c1. The molecular weight excluding hydrogens is 310 g/mol. The van der Waals surface area contributed by atoms with Crippen molar-refractivity contribution in [2.75, 3.05) is 6.26 Å². The number of rotatable bonds is 2. The molecule has 23 heavy (non-hydrogen) atoms. The van der Waals surface area contributed by atoms with E-state index < -0.39 is 9.84 Å². The summed E-state index contributed by atoms with van der Waals surface area (Å²) < 4.78 is 23.8. The van der Waals surface area contributed by atoms with Crippen molar-refractivity contribution < 1.29 is 13.2 Å². The molecule has 2 saturated heterocycles. The van der Waals surface area contributed by atoms with E-state index in [4.69, 9.17) is 0 Å². The van der Waals surface area contributed by atoms with E-state index in [0.717, 1.165) is 35.1 Å². The van der Waals surface area contributed by atoms with Gasteiger partial charge in [0.2, 0.25) is 0 Å². The van der Waals surface area contributed by atoms with Crippen LogP contribution in [0.1, 0.15) is 52.7 Å². The highest BCUT2D eigenvalue weighted by Gasteiger charge is 2.46. The predicted molar refractivity (Wildman–Crippen MR) is 91.5 cm³/mol. The van der Waals surface area contributed by atoms with Crippen molar-refractivity contribution in [3.8, 4) is 0 Å². The Balaban J connectivity index is 1.91. The molecule has 126 valence electrons. The topological polar surface area (TPSA) is 54.5 Å². The summed E-state index contributed by atoms with van der Waals surface area (Å²) in [5.41, 5.74) is 3.98. The van der Waals surface area contributed by atoms with Crippen LogP contribution >= 0.6 is 0 Å². The van der Waals surface area contributed by atoms with E-state index in [1.165, 1.54) is 6.26 Å². The zero-order valence-electron chi connectivity index (χ0n) is 14.3. The molecule has 3 rings (SSSR count). The molecule has 2 aliphatic rings. The summed E-state index contributed by atoms with van der Waals surface area (Å²) in [5.74, 6) is 0.0828. The highest BCUT2D eigenvalue weighted by molar-refractivity contribution is 7.91. The number of nitrogens with zero attached hydrogens (tertiary/aromatic N) is 1. The first kappa shape index (κ1) is 16.5. The van der Waals surface area contributed by atoms with Gasteiger partial charge in [-0.15, -0.1) is 0 Å². The third-order valence-corrected chi connectivity index (χ3v) is 7.02. The van der Waals surface area contributed by atoms with Gasteiger partial charge in [-0.05, 0) is 57.6 Å². The summed E-state index contributed by atoms with van der Waals surface area (Å²) in [4.78, 5) is 15.1. The first-order chi connectivity index (χ1) is 10.7. The summed E-state index contributed by atoms with van der Waals surface area (Å²) in [5, 5.41) is -0.288. The number of sulfone groups is 1. The van der Waals surface area contributed by atoms with E-state index in [0.29, 0.717) is 12.8 Å². The van der Waals surface area contributed by atoms with E-state index in [9.17, 15) is 13.2 Å². The van der Waals surface area contributed by atoms with Crippen LogP contribution in [0.4, 0.5) is 0 Å². The summed E-state index contributed by atoms with van der Waals surface area (Å²) >= 11 is 0. The van der Waals surface area contributed by atoms with Crippen molar-refractivity contribution in [2.24, 2.45) is 0 Å². The quantitative estimate of drug-likeness (QED) is 0.835. The molecule has 1 aromatic carbocycles. The van der Waals surface area contributed by atoms with Crippen LogP contribution in [-0.2, 0) is 9.84 Å². The van der Waals surface area contributed by atoms with Crippen LogP contribution in [0.25, 0.3) is 0 Å². The molecule has 2 heterocycles. The number of carbonyl (C=O) groups excluding carboxylic acids is 1. The van der Waals surface area contributed by atoms with Crippen molar-refractivity contribution in [1.29, 1.82) is 0 Å². The molecule has 0 radical (unpaired) electrons. The van der Waals surface area contributed by atoms with Gasteiger partial charge in [0, 0.05) is 23.9 Å². The number of benzene rings is 1. The number of carbonyl (C=O) groups is 1. The van der Waals surface area contributed by atoms with E-state index in [1.807, 2.05) is 37.8 Å². The van der Waals surface area contributed by atoms with Crippen LogP contribution in [0.15, 0.2) is 12.1 Å². The minimum Gasteiger partial charge on any atom is -0.333 e. The molecule has 2 unspecified atom stereocenters. The largest absolute Gasteiger partial charge is 0.333 e. The lowest BCUT2D eigenvalue weighted by Crippen LogP contribution is -2.49. The number of hydrogen-bond donors (Lipinski definition) is 0. The second-order valence-electron chi connectivity index (χ2n) is 7.29. The third-order valence-electron chi connectivity index (χ3n) is 5.42. The number of hydrogen-bond acceptors (Lipinski definition) is 3. The molecule has 2 atom stereocenters. The van der Waals surface area contributed by atoms with Gasteiger partial charge in [0.25, 0.3) is 5.91 Å². The second-order valence-corrected chi connectivity index (χ2v) is 9.62. The Kier molecular flexibility index (Phi) is 4.03. The lowest BCUT2D eigenvalue weighted by Gasteiger charge is -2.38. The van der Waals surface area contributed by atoms with Gasteiger partial charge in [-0.1, -0.05) is 17.7 Å². The van der Waals surface area contributed by atoms with Gasteiger partial charge < -0.3 is 4.90 Å². The monoisotopic (exact) mass is 335 g/mol. The molecule has 0 spiro atoms. The smallest absolute Gasteiger partial charge is 0.254 e. The number of fused-ring (bicyclic) bond motifs is 2. The fourth-order valence-electron chi connectivity index (χ4n) is 4.45. The van der Waals surface area contributed by atoms with E-state index in [1.54, 1.807) is 0 Å². The highest BCUT2D eigenvalue weighted by Crippen LogP contribution is 2.39. The Labute approximate surface area is 138 Å². The molecule has 0 aliphatic carbocycles. The summed E-state index contributed by atoms with van der Waals surface area (Å²) in [6.07, 6.45) is 4.34. The van der Waals surface area contributed by atoms with Crippen molar-refractivity contribution in [1.82, 2.24) is 4.90 Å². The van der Waals surface area contributed by atoms with E-state index in [-0.39, 0.29) is 23.2 Å². The maximum Gasteiger partial charge on any atom is 0.254 e. The minimum atomic E-state index is -3.03. The molecule has 2 bridgehead atoms. The molecule has 1 amide bonds. The van der Waals surface area contributed by atoms with Gasteiger partial charge >= 0.3 is 0 Å².